The van der Waals surface area contributed by atoms with Gasteiger partial charge in [-0.15, -0.1) is 0 Å². The van der Waals surface area contributed by atoms with Crippen LogP contribution in [0.3, 0.4) is 0 Å². The molecule has 0 bridgehead atoms. The Morgan fingerprint density at radius 3 is 1.07 bits per heavy atom. The molecule has 0 saturated carbocycles. The molecule has 15 heteroatoms. The summed E-state index contributed by atoms with van der Waals surface area (Å²) in [4.78, 5) is 21.6. The molecule has 262 valence electrons. The molecule has 0 aromatic carbocycles. The van der Waals surface area contributed by atoms with Crippen LogP contribution in [0.4, 0.5) is 0 Å². The minimum absolute atomic E-state index is 0.299. The Balaban J connectivity index is 3.08. The Kier molecular flexibility index (Phi) is 36.4. The third-order valence-electron chi connectivity index (χ3n) is 5.27. The third-order valence-corrected chi connectivity index (χ3v) is 5.27. The summed E-state index contributed by atoms with van der Waals surface area (Å²) in [6, 6.07) is 0. The number of amides is 1. The second-order valence-electron chi connectivity index (χ2n) is 9.07. The van der Waals surface area contributed by atoms with E-state index in [0.717, 1.165) is 13.0 Å². The number of unbranched alkanes of at least 4 members (excludes halogenated alkanes) is 2. The lowest BCUT2D eigenvalue weighted by Crippen LogP contribution is -2.31. The maximum Gasteiger partial charge on any atom is 0.329 e. The summed E-state index contributed by atoms with van der Waals surface area (Å²) >= 11 is 0. The van der Waals surface area contributed by atoms with Gasteiger partial charge < -0.3 is 62.5 Å². The molecule has 0 aromatic heterocycles. The quantitative estimate of drug-likeness (QED) is 0.0896. The first kappa shape index (κ1) is 42.5. The van der Waals surface area contributed by atoms with Gasteiger partial charge >= 0.3 is 5.97 Å². The Morgan fingerprint density at radius 1 is 0.432 bits per heavy atom. The highest BCUT2D eigenvalue weighted by molar-refractivity contribution is 5.77. The number of hydrogen-bond acceptors (Lipinski definition) is 13. The van der Waals surface area contributed by atoms with Crippen LogP contribution in [0.5, 0.6) is 0 Å². The van der Waals surface area contributed by atoms with E-state index in [1.54, 1.807) is 0 Å². The second-order valence-corrected chi connectivity index (χ2v) is 9.07. The zero-order valence-electron chi connectivity index (χ0n) is 26.6. The molecule has 0 aliphatic carbocycles. The zero-order valence-corrected chi connectivity index (χ0v) is 26.6. The fraction of sp³-hybridized carbons (Fsp3) is 0.931. The number of ether oxygens (including phenoxy) is 11. The summed E-state index contributed by atoms with van der Waals surface area (Å²) in [5.41, 5.74) is 0. The smallest absolute Gasteiger partial charge is 0.329 e. The molecule has 0 fully saturated rings. The number of rotatable bonds is 38. The highest BCUT2D eigenvalue weighted by Gasteiger charge is 2.03. The van der Waals surface area contributed by atoms with Gasteiger partial charge in [-0.1, -0.05) is 19.8 Å². The minimum Gasteiger partial charge on any atom is -0.480 e. The summed E-state index contributed by atoms with van der Waals surface area (Å²) in [6.07, 6.45) is 3.52. The van der Waals surface area contributed by atoms with Gasteiger partial charge in [-0.3, -0.25) is 4.79 Å². The first-order valence-electron chi connectivity index (χ1n) is 15.5. The largest absolute Gasteiger partial charge is 0.480 e. The Bertz CT molecular complexity index is 602. The molecular weight excluding hydrogens is 586 g/mol. The lowest BCUT2D eigenvalue weighted by atomic mass is 10.3. The topological polar surface area (TPSA) is 168 Å². The number of carboxylic acid groups (broad SMARTS) is 1. The maximum atomic E-state index is 11.3. The van der Waals surface area contributed by atoms with E-state index in [1.807, 2.05) is 0 Å². The summed E-state index contributed by atoms with van der Waals surface area (Å²) in [5.74, 6) is -1.52. The van der Waals surface area contributed by atoms with E-state index >= 15 is 0 Å². The van der Waals surface area contributed by atoms with Crippen molar-refractivity contribution >= 4 is 11.9 Å². The van der Waals surface area contributed by atoms with Gasteiger partial charge in [0.1, 0.15) is 13.2 Å². The van der Waals surface area contributed by atoms with Gasteiger partial charge in [0.25, 0.3) is 0 Å². The van der Waals surface area contributed by atoms with E-state index in [4.69, 9.17) is 52.5 Å². The maximum absolute atomic E-state index is 11.3. The van der Waals surface area contributed by atoms with Crippen LogP contribution in [0.1, 0.15) is 26.2 Å². The molecule has 0 aromatic rings. The van der Waals surface area contributed by atoms with Gasteiger partial charge in [-0.25, -0.2) is 4.79 Å². The number of carboxylic acids is 1. The van der Waals surface area contributed by atoms with Crippen LogP contribution in [0.15, 0.2) is 0 Å². The van der Waals surface area contributed by atoms with E-state index in [1.165, 1.54) is 12.8 Å². The molecule has 0 atom stereocenters. The van der Waals surface area contributed by atoms with Gasteiger partial charge in [-0.05, 0) is 6.42 Å². The van der Waals surface area contributed by atoms with E-state index < -0.39 is 18.5 Å². The van der Waals surface area contributed by atoms with Crippen molar-refractivity contribution in [2.45, 2.75) is 26.2 Å². The number of aliphatic carboxylic acids is 1. The number of carbonyl (C=O) groups excluding carboxylic acids is 1. The van der Waals surface area contributed by atoms with E-state index in [2.05, 4.69) is 17.0 Å². The van der Waals surface area contributed by atoms with Crippen molar-refractivity contribution in [3.63, 3.8) is 0 Å². The Labute approximate surface area is 262 Å². The van der Waals surface area contributed by atoms with Crippen molar-refractivity contribution in [1.82, 2.24) is 5.32 Å². The predicted octanol–water partition coefficient (Wildman–Crippen LogP) is 0.560. The lowest BCUT2D eigenvalue weighted by Gasteiger charge is -2.09. The van der Waals surface area contributed by atoms with Crippen molar-refractivity contribution in [2.24, 2.45) is 0 Å². The first-order valence-corrected chi connectivity index (χ1v) is 15.5. The van der Waals surface area contributed by atoms with Crippen LogP contribution >= 0.6 is 0 Å². The summed E-state index contributed by atoms with van der Waals surface area (Å²) in [5, 5.41) is 11.0. The molecule has 0 aliphatic rings. The molecule has 15 nitrogen and oxygen atoms in total. The molecule has 1 amide bonds. The highest BCUT2D eigenvalue weighted by atomic mass is 16.6. The minimum atomic E-state index is -1.12. The monoisotopic (exact) mass is 643 g/mol. The average Bonchev–Trinajstić information content (AvgIpc) is 3.01. The van der Waals surface area contributed by atoms with Gasteiger partial charge in [0.15, 0.2) is 0 Å². The first-order chi connectivity index (χ1) is 21.7. The highest BCUT2D eigenvalue weighted by Crippen LogP contribution is 1.94. The van der Waals surface area contributed by atoms with Crippen molar-refractivity contribution in [1.29, 1.82) is 0 Å². The van der Waals surface area contributed by atoms with Crippen molar-refractivity contribution in [2.75, 3.05) is 152 Å². The van der Waals surface area contributed by atoms with Gasteiger partial charge in [0, 0.05) is 13.2 Å². The predicted molar refractivity (Wildman–Crippen MR) is 159 cm³/mol. The fourth-order valence-corrected chi connectivity index (χ4v) is 3.08. The second kappa shape index (κ2) is 37.7. The third kappa shape index (κ3) is 38.5. The molecular formula is C29H57NO14. The molecule has 0 unspecified atom stereocenters. The van der Waals surface area contributed by atoms with Gasteiger partial charge in [0.2, 0.25) is 5.91 Å². The number of nitrogens with one attached hydrogen (secondary N) is 1. The zero-order chi connectivity index (χ0) is 32.0. The Morgan fingerprint density at radius 2 is 0.750 bits per heavy atom. The van der Waals surface area contributed by atoms with Crippen LogP contribution < -0.4 is 5.32 Å². The summed E-state index contributed by atoms with van der Waals surface area (Å²) in [7, 11) is 0. The van der Waals surface area contributed by atoms with E-state index in [9.17, 15) is 9.59 Å². The van der Waals surface area contributed by atoms with E-state index in [0.29, 0.717) is 132 Å². The number of hydrogen-bond donors (Lipinski definition) is 2. The standard InChI is InChI=1S/C29H57NO14/c1-2-3-4-6-34-8-10-36-12-14-38-16-18-40-20-22-42-24-25-43-23-21-41-19-17-39-15-13-37-11-9-35-7-5-30-28(31)26-44-27-29(32)33/h2-27H2,1H3,(H,30,31)(H,32,33). The summed E-state index contributed by atoms with van der Waals surface area (Å²) in [6.45, 7) is 11.7. The van der Waals surface area contributed by atoms with Crippen LogP contribution in [0.25, 0.3) is 0 Å². The lowest BCUT2D eigenvalue weighted by molar-refractivity contribution is -0.143. The molecule has 2 N–H and O–H groups in total. The number of carbonyl (C=O) groups is 2. The van der Waals surface area contributed by atoms with E-state index in [-0.39, 0.29) is 6.61 Å². The van der Waals surface area contributed by atoms with Crippen LogP contribution in [-0.2, 0) is 61.7 Å². The molecule has 0 saturated heterocycles. The van der Waals surface area contributed by atoms with Gasteiger partial charge in [0.05, 0.1) is 126 Å². The molecule has 44 heavy (non-hydrogen) atoms. The fourth-order valence-electron chi connectivity index (χ4n) is 3.08. The van der Waals surface area contributed by atoms with Crippen molar-refractivity contribution < 1.29 is 66.8 Å². The van der Waals surface area contributed by atoms with Crippen molar-refractivity contribution in [3.8, 4) is 0 Å². The molecule has 0 aliphatic heterocycles. The van der Waals surface area contributed by atoms with Crippen LogP contribution in [0, 0.1) is 0 Å². The summed E-state index contributed by atoms with van der Waals surface area (Å²) < 4.78 is 59.0. The Hall–Kier alpha value is -1.50. The molecule has 0 radical (unpaired) electrons. The van der Waals surface area contributed by atoms with Gasteiger partial charge in [-0.2, -0.15) is 0 Å². The average molecular weight is 644 g/mol. The molecule has 0 rings (SSSR count). The van der Waals surface area contributed by atoms with Crippen LogP contribution in [-0.4, -0.2) is 169 Å². The normalized spacial score (nSPS) is 11.3. The molecule has 0 spiro atoms. The van der Waals surface area contributed by atoms with Crippen molar-refractivity contribution in [3.05, 3.63) is 0 Å². The SMILES string of the molecule is CCCCCOCCOCCOCCOCCOCCOCCOCCOCCOCCOCCNC(=O)COCC(=O)O. The molecule has 0 heterocycles. The van der Waals surface area contributed by atoms with Crippen LogP contribution in [0.2, 0.25) is 0 Å².